The summed E-state index contributed by atoms with van der Waals surface area (Å²) in [5.74, 6) is 0. The van der Waals surface area contributed by atoms with Gasteiger partial charge in [0.15, 0.2) is 0 Å². The van der Waals surface area contributed by atoms with E-state index in [2.05, 4.69) is 47.1 Å². The van der Waals surface area contributed by atoms with Crippen LogP contribution in [0.3, 0.4) is 0 Å². The van der Waals surface area contributed by atoms with E-state index in [9.17, 15) is 0 Å². The third-order valence-corrected chi connectivity index (χ3v) is 3.17. The molecule has 1 aliphatic heterocycles. The zero-order chi connectivity index (χ0) is 11.0. The van der Waals surface area contributed by atoms with E-state index in [-0.39, 0.29) is 0 Å². The van der Waals surface area contributed by atoms with Crippen LogP contribution in [0, 0.1) is 6.92 Å². The first-order valence-corrected chi connectivity index (χ1v) is 5.74. The minimum absolute atomic E-state index is 0.318. The van der Waals surface area contributed by atoms with Gasteiger partial charge in [0.2, 0.25) is 0 Å². The van der Waals surface area contributed by atoms with Crippen LogP contribution in [0.5, 0.6) is 0 Å². The summed E-state index contributed by atoms with van der Waals surface area (Å²) in [4.78, 5) is 0. The molecule has 1 atom stereocenters. The summed E-state index contributed by atoms with van der Waals surface area (Å²) in [6.07, 6.45) is 2.12. The van der Waals surface area contributed by atoms with Gasteiger partial charge in [-0.1, -0.05) is 6.07 Å². The smallest absolute Gasteiger partial charge is 0.0719 e. The summed E-state index contributed by atoms with van der Waals surface area (Å²) >= 11 is 0. The van der Waals surface area contributed by atoms with Crippen LogP contribution in [0.15, 0.2) is 30.5 Å². The van der Waals surface area contributed by atoms with Gasteiger partial charge in [-0.05, 0) is 30.7 Å². The Hall–Kier alpha value is -1.32. The zero-order valence-electron chi connectivity index (χ0n) is 9.44. The van der Waals surface area contributed by atoms with E-state index in [1.54, 1.807) is 0 Å². The number of morpholine rings is 1. The van der Waals surface area contributed by atoms with Crippen molar-refractivity contribution in [1.82, 2.24) is 9.72 Å². The Bertz CT molecular complexity index is 498. The molecule has 16 heavy (non-hydrogen) atoms. The molecule has 0 saturated carbocycles. The van der Waals surface area contributed by atoms with Crippen molar-refractivity contribution in [3.05, 3.63) is 41.7 Å². The minimum Gasteiger partial charge on any atom is -0.378 e. The molecule has 3 rings (SSSR count). The molecule has 0 aromatic carbocycles. The van der Waals surface area contributed by atoms with Gasteiger partial charge in [0.1, 0.15) is 0 Å². The second-order valence-electron chi connectivity index (χ2n) is 4.29. The molecule has 1 fully saturated rings. The van der Waals surface area contributed by atoms with Crippen molar-refractivity contribution in [1.29, 1.82) is 0 Å². The van der Waals surface area contributed by atoms with Crippen molar-refractivity contribution in [3.8, 4) is 0 Å². The van der Waals surface area contributed by atoms with E-state index in [1.165, 1.54) is 16.8 Å². The molecule has 0 bridgehead atoms. The number of aromatic nitrogens is 1. The van der Waals surface area contributed by atoms with Crippen LogP contribution in [0.2, 0.25) is 0 Å². The summed E-state index contributed by atoms with van der Waals surface area (Å²) in [7, 11) is 0. The second kappa shape index (κ2) is 3.92. The van der Waals surface area contributed by atoms with E-state index >= 15 is 0 Å². The highest BCUT2D eigenvalue weighted by Gasteiger charge is 2.20. The van der Waals surface area contributed by atoms with E-state index in [0.717, 1.165) is 19.8 Å². The van der Waals surface area contributed by atoms with E-state index in [1.807, 2.05) is 0 Å². The van der Waals surface area contributed by atoms with Crippen LogP contribution in [-0.4, -0.2) is 24.2 Å². The summed E-state index contributed by atoms with van der Waals surface area (Å²) in [6.45, 7) is 4.68. The number of hydrogen-bond donors (Lipinski definition) is 1. The lowest BCUT2D eigenvalue weighted by Gasteiger charge is -2.24. The Kier molecular flexibility index (Phi) is 2.42. The molecule has 0 radical (unpaired) electrons. The molecule has 1 saturated heterocycles. The fourth-order valence-corrected chi connectivity index (χ4v) is 2.46. The molecule has 0 amide bonds. The SMILES string of the molecule is Cc1cc2ccccn2c1C1COCCN1. The van der Waals surface area contributed by atoms with Gasteiger partial charge in [0.05, 0.1) is 19.3 Å². The largest absolute Gasteiger partial charge is 0.378 e. The molecular formula is C13H16N2O. The van der Waals surface area contributed by atoms with E-state index in [4.69, 9.17) is 4.74 Å². The van der Waals surface area contributed by atoms with Crippen molar-refractivity contribution in [2.45, 2.75) is 13.0 Å². The monoisotopic (exact) mass is 216 g/mol. The Morgan fingerprint density at radius 1 is 1.44 bits per heavy atom. The van der Waals surface area contributed by atoms with E-state index < -0.39 is 0 Å². The lowest BCUT2D eigenvalue weighted by atomic mass is 10.1. The first kappa shape index (κ1) is 9.87. The molecule has 84 valence electrons. The van der Waals surface area contributed by atoms with Gasteiger partial charge >= 0.3 is 0 Å². The molecular weight excluding hydrogens is 200 g/mol. The third kappa shape index (κ3) is 1.52. The van der Waals surface area contributed by atoms with Crippen LogP contribution < -0.4 is 5.32 Å². The van der Waals surface area contributed by atoms with Gasteiger partial charge < -0.3 is 14.5 Å². The Labute approximate surface area is 95.0 Å². The molecule has 3 heteroatoms. The molecule has 0 aliphatic carbocycles. The predicted molar refractivity (Wildman–Crippen MR) is 63.7 cm³/mol. The lowest BCUT2D eigenvalue weighted by molar-refractivity contribution is 0.0752. The Morgan fingerprint density at radius 3 is 3.19 bits per heavy atom. The minimum atomic E-state index is 0.318. The first-order chi connectivity index (χ1) is 7.86. The van der Waals surface area contributed by atoms with Crippen LogP contribution in [0.4, 0.5) is 0 Å². The second-order valence-corrected chi connectivity index (χ2v) is 4.29. The number of nitrogens with one attached hydrogen (secondary N) is 1. The van der Waals surface area contributed by atoms with Crippen LogP contribution >= 0.6 is 0 Å². The number of nitrogens with zero attached hydrogens (tertiary/aromatic N) is 1. The van der Waals surface area contributed by atoms with Crippen LogP contribution in [-0.2, 0) is 4.74 Å². The summed E-state index contributed by atoms with van der Waals surface area (Å²) in [5.41, 5.74) is 3.91. The third-order valence-electron chi connectivity index (χ3n) is 3.17. The maximum Gasteiger partial charge on any atom is 0.0719 e. The normalized spacial score (nSPS) is 21.4. The quantitative estimate of drug-likeness (QED) is 0.788. The number of ether oxygens (including phenoxy) is 1. The van der Waals surface area contributed by atoms with Crippen molar-refractivity contribution in [2.75, 3.05) is 19.8 Å². The van der Waals surface area contributed by atoms with Gasteiger partial charge in [0, 0.05) is 24.0 Å². The maximum absolute atomic E-state index is 5.53. The Morgan fingerprint density at radius 2 is 2.38 bits per heavy atom. The van der Waals surface area contributed by atoms with E-state index in [0.29, 0.717) is 6.04 Å². The first-order valence-electron chi connectivity index (χ1n) is 5.74. The summed E-state index contributed by atoms with van der Waals surface area (Å²) < 4.78 is 7.79. The maximum atomic E-state index is 5.53. The molecule has 2 aromatic rings. The number of fused-ring (bicyclic) bond motifs is 1. The average Bonchev–Trinajstić information content (AvgIpc) is 2.66. The highest BCUT2D eigenvalue weighted by molar-refractivity contribution is 5.53. The number of hydrogen-bond acceptors (Lipinski definition) is 2. The van der Waals surface area contributed by atoms with Crippen molar-refractivity contribution >= 4 is 5.52 Å². The van der Waals surface area contributed by atoms with Crippen molar-refractivity contribution in [2.24, 2.45) is 0 Å². The zero-order valence-corrected chi connectivity index (χ0v) is 9.44. The van der Waals surface area contributed by atoms with Crippen molar-refractivity contribution in [3.63, 3.8) is 0 Å². The van der Waals surface area contributed by atoms with Gasteiger partial charge in [0.25, 0.3) is 0 Å². The lowest BCUT2D eigenvalue weighted by Crippen LogP contribution is -2.35. The average molecular weight is 216 g/mol. The van der Waals surface area contributed by atoms with Gasteiger partial charge in [-0.15, -0.1) is 0 Å². The fraction of sp³-hybridized carbons (Fsp3) is 0.385. The van der Waals surface area contributed by atoms with Crippen molar-refractivity contribution < 1.29 is 4.74 Å². The molecule has 1 N–H and O–H groups in total. The number of aryl methyl sites for hydroxylation is 1. The fourth-order valence-electron chi connectivity index (χ4n) is 2.46. The molecule has 1 aliphatic rings. The van der Waals surface area contributed by atoms with Gasteiger partial charge in [-0.25, -0.2) is 0 Å². The summed E-state index contributed by atoms with van der Waals surface area (Å²) in [6, 6.07) is 8.83. The molecule has 1 unspecified atom stereocenters. The topological polar surface area (TPSA) is 25.7 Å². The molecule has 3 nitrogen and oxygen atoms in total. The Balaban J connectivity index is 2.10. The highest BCUT2D eigenvalue weighted by atomic mass is 16.5. The molecule has 0 spiro atoms. The van der Waals surface area contributed by atoms with Gasteiger partial charge in [-0.3, -0.25) is 0 Å². The number of rotatable bonds is 1. The van der Waals surface area contributed by atoms with Gasteiger partial charge in [-0.2, -0.15) is 0 Å². The molecule has 2 aromatic heterocycles. The highest BCUT2D eigenvalue weighted by Crippen LogP contribution is 2.23. The number of pyridine rings is 1. The standard InChI is InChI=1S/C13H16N2O/c1-10-8-11-4-2-3-6-15(11)13(10)12-9-16-7-5-14-12/h2-4,6,8,12,14H,5,7,9H2,1H3. The summed E-state index contributed by atoms with van der Waals surface area (Å²) in [5, 5.41) is 3.51. The van der Waals surface area contributed by atoms with Crippen LogP contribution in [0.25, 0.3) is 5.52 Å². The predicted octanol–water partition coefficient (Wildman–Crippen LogP) is 1.91. The molecule has 3 heterocycles. The van der Waals surface area contributed by atoms with Crippen LogP contribution in [0.1, 0.15) is 17.3 Å².